The number of aryl methyl sites for hydroxylation is 1. The molecule has 1 aromatic rings. The van der Waals surface area contributed by atoms with Crippen molar-refractivity contribution in [2.45, 2.75) is 33.2 Å². The van der Waals surface area contributed by atoms with E-state index in [4.69, 9.17) is 4.74 Å². The van der Waals surface area contributed by atoms with Crippen molar-refractivity contribution < 1.29 is 9.53 Å². The Balaban J connectivity index is 2.50. The number of hydrogen-bond acceptors (Lipinski definition) is 3. The summed E-state index contributed by atoms with van der Waals surface area (Å²) >= 11 is 0. The topological polar surface area (TPSA) is 44.1 Å². The molecule has 0 unspecified atom stereocenters. The molecular formula is C10H16N2O2. The smallest absolute Gasteiger partial charge is 0.307 e. The van der Waals surface area contributed by atoms with E-state index in [9.17, 15) is 4.79 Å². The lowest BCUT2D eigenvalue weighted by Crippen LogP contribution is -2.13. The Labute approximate surface area is 83.9 Å². The van der Waals surface area contributed by atoms with Crippen LogP contribution in [0.25, 0.3) is 0 Å². The molecule has 0 N–H and O–H groups in total. The van der Waals surface area contributed by atoms with Gasteiger partial charge in [-0.15, -0.1) is 0 Å². The average molecular weight is 196 g/mol. The standard InChI is InChI=1S/C10H16N2O2/c1-4-14-10(13)5-9(3)12-7-8(2)6-11-12/h6-7,9H,4-5H2,1-3H3/t9-/m0/s1. The van der Waals surface area contributed by atoms with E-state index in [0.717, 1.165) is 5.56 Å². The van der Waals surface area contributed by atoms with Gasteiger partial charge in [0.2, 0.25) is 0 Å². The molecule has 4 nitrogen and oxygen atoms in total. The number of carbonyl (C=O) groups excluding carboxylic acids is 1. The van der Waals surface area contributed by atoms with E-state index in [1.54, 1.807) is 17.8 Å². The minimum atomic E-state index is -0.173. The van der Waals surface area contributed by atoms with Crippen LogP contribution in [0, 0.1) is 6.92 Å². The van der Waals surface area contributed by atoms with Crippen LogP contribution in [0.1, 0.15) is 31.9 Å². The number of carbonyl (C=O) groups is 1. The SMILES string of the molecule is CCOC(=O)C[C@H](C)n1cc(C)cn1. The molecule has 0 amide bonds. The van der Waals surface area contributed by atoms with Gasteiger partial charge in [0.15, 0.2) is 0 Å². The van der Waals surface area contributed by atoms with E-state index in [2.05, 4.69) is 5.10 Å². The fourth-order valence-corrected chi connectivity index (χ4v) is 1.23. The van der Waals surface area contributed by atoms with Gasteiger partial charge in [0.1, 0.15) is 0 Å². The van der Waals surface area contributed by atoms with Crippen LogP contribution >= 0.6 is 0 Å². The van der Waals surface area contributed by atoms with Crippen molar-refractivity contribution in [3.05, 3.63) is 18.0 Å². The van der Waals surface area contributed by atoms with Crippen molar-refractivity contribution in [3.8, 4) is 0 Å². The highest BCUT2D eigenvalue weighted by molar-refractivity contribution is 5.69. The van der Waals surface area contributed by atoms with E-state index in [1.165, 1.54) is 0 Å². The first kappa shape index (κ1) is 10.8. The summed E-state index contributed by atoms with van der Waals surface area (Å²) in [5.41, 5.74) is 1.10. The number of hydrogen-bond donors (Lipinski definition) is 0. The van der Waals surface area contributed by atoms with Crippen molar-refractivity contribution in [1.29, 1.82) is 0 Å². The van der Waals surface area contributed by atoms with Crippen LogP contribution in [0.2, 0.25) is 0 Å². The van der Waals surface area contributed by atoms with E-state index in [0.29, 0.717) is 13.0 Å². The first-order valence-electron chi connectivity index (χ1n) is 4.80. The maximum atomic E-state index is 11.2. The van der Waals surface area contributed by atoms with Crippen molar-refractivity contribution in [2.75, 3.05) is 6.61 Å². The van der Waals surface area contributed by atoms with Gasteiger partial charge in [-0.1, -0.05) is 0 Å². The fourth-order valence-electron chi connectivity index (χ4n) is 1.23. The maximum Gasteiger partial charge on any atom is 0.307 e. The molecule has 1 aromatic heterocycles. The van der Waals surface area contributed by atoms with Gasteiger partial charge in [-0.3, -0.25) is 9.48 Å². The molecule has 1 atom stereocenters. The zero-order valence-electron chi connectivity index (χ0n) is 8.86. The molecule has 0 radical (unpaired) electrons. The molecule has 0 saturated carbocycles. The first-order chi connectivity index (χ1) is 6.63. The summed E-state index contributed by atoms with van der Waals surface area (Å²) in [5, 5.41) is 4.14. The normalized spacial score (nSPS) is 12.5. The lowest BCUT2D eigenvalue weighted by atomic mass is 10.2. The van der Waals surface area contributed by atoms with Crippen LogP contribution < -0.4 is 0 Å². The largest absolute Gasteiger partial charge is 0.466 e. The highest BCUT2D eigenvalue weighted by atomic mass is 16.5. The van der Waals surface area contributed by atoms with Crippen molar-refractivity contribution in [2.24, 2.45) is 0 Å². The van der Waals surface area contributed by atoms with E-state index >= 15 is 0 Å². The summed E-state index contributed by atoms with van der Waals surface area (Å²) in [5.74, 6) is -0.173. The predicted molar refractivity (Wildman–Crippen MR) is 52.9 cm³/mol. The van der Waals surface area contributed by atoms with Crippen LogP contribution in [-0.2, 0) is 9.53 Å². The Hall–Kier alpha value is -1.32. The van der Waals surface area contributed by atoms with Gasteiger partial charge in [-0.2, -0.15) is 5.10 Å². The summed E-state index contributed by atoms with van der Waals surface area (Å²) in [6.07, 6.45) is 4.07. The Morgan fingerprint density at radius 2 is 2.43 bits per heavy atom. The monoisotopic (exact) mass is 196 g/mol. The van der Waals surface area contributed by atoms with Gasteiger partial charge >= 0.3 is 5.97 Å². The first-order valence-corrected chi connectivity index (χ1v) is 4.80. The fraction of sp³-hybridized carbons (Fsp3) is 0.600. The molecule has 0 aliphatic rings. The van der Waals surface area contributed by atoms with Gasteiger partial charge < -0.3 is 4.74 Å². The molecule has 4 heteroatoms. The number of esters is 1. The number of rotatable bonds is 4. The molecule has 14 heavy (non-hydrogen) atoms. The summed E-state index contributed by atoms with van der Waals surface area (Å²) in [6.45, 7) is 6.16. The van der Waals surface area contributed by atoms with Crippen LogP contribution in [0.5, 0.6) is 0 Å². The van der Waals surface area contributed by atoms with Crippen molar-refractivity contribution in [1.82, 2.24) is 9.78 Å². The number of aromatic nitrogens is 2. The Morgan fingerprint density at radius 1 is 1.71 bits per heavy atom. The van der Waals surface area contributed by atoms with E-state index in [1.807, 2.05) is 20.0 Å². The van der Waals surface area contributed by atoms with Gasteiger partial charge in [0.05, 0.1) is 25.3 Å². The second kappa shape index (κ2) is 4.79. The van der Waals surface area contributed by atoms with Crippen molar-refractivity contribution >= 4 is 5.97 Å². The van der Waals surface area contributed by atoms with Crippen LogP contribution in [-0.4, -0.2) is 22.4 Å². The second-order valence-corrected chi connectivity index (χ2v) is 3.36. The van der Waals surface area contributed by atoms with Crippen LogP contribution in [0.15, 0.2) is 12.4 Å². The summed E-state index contributed by atoms with van der Waals surface area (Å²) in [6, 6.07) is 0.0581. The highest BCUT2D eigenvalue weighted by Gasteiger charge is 2.11. The lowest BCUT2D eigenvalue weighted by molar-refractivity contribution is -0.143. The third-order valence-electron chi connectivity index (χ3n) is 1.95. The van der Waals surface area contributed by atoms with Gasteiger partial charge in [-0.05, 0) is 26.3 Å². The molecule has 1 rings (SSSR count). The lowest BCUT2D eigenvalue weighted by Gasteiger charge is -2.10. The molecule has 0 aliphatic heterocycles. The molecule has 0 aromatic carbocycles. The molecule has 0 saturated heterocycles. The minimum Gasteiger partial charge on any atom is -0.466 e. The molecule has 0 aliphatic carbocycles. The molecule has 0 bridgehead atoms. The molecular weight excluding hydrogens is 180 g/mol. The third-order valence-corrected chi connectivity index (χ3v) is 1.95. The predicted octanol–water partition coefficient (Wildman–Crippen LogP) is 1.71. The Kier molecular flexibility index (Phi) is 3.68. The summed E-state index contributed by atoms with van der Waals surface area (Å²) in [7, 11) is 0. The van der Waals surface area contributed by atoms with Crippen LogP contribution in [0.3, 0.4) is 0 Å². The molecule has 78 valence electrons. The Morgan fingerprint density at radius 3 is 2.93 bits per heavy atom. The zero-order valence-corrected chi connectivity index (χ0v) is 8.86. The quantitative estimate of drug-likeness (QED) is 0.688. The maximum absolute atomic E-state index is 11.2. The summed E-state index contributed by atoms with van der Waals surface area (Å²) < 4.78 is 6.64. The highest BCUT2D eigenvalue weighted by Crippen LogP contribution is 2.10. The average Bonchev–Trinajstić information content (AvgIpc) is 2.52. The minimum absolute atomic E-state index is 0.0581. The van der Waals surface area contributed by atoms with Crippen molar-refractivity contribution in [3.63, 3.8) is 0 Å². The zero-order chi connectivity index (χ0) is 10.6. The number of ether oxygens (including phenoxy) is 1. The second-order valence-electron chi connectivity index (χ2n) is 3.36. The van der Waals surface area contributed by atoms with Gasteiger partial charge in [0.25, 0.3) is 0 Å². The van der Waals surface area contributed by atoms with Gasteiger partial charge in [0, 0.05) is 6.20 Å². The van der Waals surface area contributed by atoms with Crippen LogP contribution in [0.4, 0.5) is 0 Å². The Bertz CT molecular complexity index is 307. The van der Waals surface area contributed by atoms with E-state index in [-0.39, 0.29) is 12.0 Å². The molecule has 1 heterocycles. The van der Waals surface area contributed by atoms with Gasteiger partial charge in [-0.25, -0.2) is 0 Å². The molecule has 0 fully saturated rings. The molecule has 0 spiro atoms. The third kappa shape index (κ3) is 2.87. The summed E-state index contributed by atoms with van der Waals surface area (Å²) in [4.78, 5) is 11.2. The number of nitrogens with zero attached hydrogens (tertiary/aromatic N) is 2. The van der Waals surface area contributed by atoms with E-state index < -0.39 is 0 Å².